The van der Waals surface area contributed by atoms with Crippen LogP contribution >= 0.6 is 0 Å². The van der Waals surface area contributed by atoms with E-state index in [-0.39, 0.29) is 11.7 Å². The molecule has 1 aliphatic rings. The predicted molar refractivity (Wildman–Crippen MR) is 82.5 cm³/mol. The zero-order valence-electron chi connectivity index (χ0n) is 11.4. The third kappa shape index (κ3) is 2.73. The van der Waals surface area contributed by atoms with Crippen LogP contribution < -0.4 is 0 Å². The van der Waals surface area contributed by atoms with Gasteiger partial charge in [0.1, 0.15) is 0 Å². The van der Waals surface area contributed by atoms with Crippen LogP contribution in [0, 0.1) is 5.92 Å². The fraction of sp³-hybridized carbons (Fsp3) is 0.111. The number of ketones is 1. The molecule has 0 N–H and O–H groups in total. The molecule has 0 saturated heterocycles. The molecule has 0 aliphatic heterocycles. The molecule has 0 saturated carbocycles. The van der Waals surface area contributed by atoms with Gasteiger partial charge in [-0.3, -0.25) is 4.79 Å². The molecule has 0 bridgehead atoms. The van der Waals surface area contributed by atoms with Gasteiger partial charge in [-0.05, 0) is 22.3 Å². The number of hydrogen-bond donors (Lipinski definition) is 0. The van der Waals surface area contributed by atoms with Crippen molar-refractivity contribution in [2.24, 2.45) is 5.92 Å². The summed E-state index contributed by atoms with van der Waals surface area (Å²) in [5.41, 5.74) is 13.2. The first-order valence-electron chi connectivity index (χ1n) is 6.86. The average molecular weight is 274 g/mol. The second-order valence-electron chi connectivity index (χ2n) is 5.03. The highest BCUT2D eigenvalue weighted by Crippen LogP contribution is 2.54. The summed E-state index contributed by atoms with van der Waals surface area (Å²) in [4.78, 5) is 14.5. The molecular formula is C18H14N2O. The minimum atomic E-state index is -0.165. The number of hydrogen-bond acceptors (Lipinski definition) is 1. The van der Waals surface area contributed by atoms with Gasteiger partial charge in [0.05, 0.1) is 0 Å². The molecule has 0 radical (unpaired) electrons. The first kappa shape index (κ1) is 13.2. The summed E-state index contributed by atoms with van der Waals surface area (Å²) in [6.07, 6.45) is 1.32. The maximum absolute atomic E-state index is 11.7. The first-order valence-corrected chi connectivity index (χ1v) is 6.86. The summed E-state index contributed by atoms with van der Waals surface area (Å²) in [6, 6.07) is 20.2. The Labute approximate surface area is 123 Å². The van der Waals surface area contributed by atoms with Gasteiger partial charge >= 0.3 is 6.21 Å². The Morgan fingerprint density at radius 3 is 1.86 bits per heavy atom. The normalized spacial score (nSPS) is 13.7. The number of carbonyl (C=O) groups excluding carboxylic acids is 1. The van der Waals surface area contributed by atoms with E-state index in [0.29, 0.717) is 6.42 Å². The van der Waals surface area contributed by atoms with E-state index in [2.05, 4.69) is 29.1 Å². The topological polar surface area (TPSA) is 53.5 Å². The molecule has 0 unspecified atom stereocenters. The summed E-state index contributed by atoms with van der Waals surface area (Å²) < 4.78 is 0. The number of rotatable bonds is 5. The summed E-state index contributed by atoms with van der Waals surface area (Å²) in [5, 5.41) is 0. The van der Waals surface area contributed by atoms with Crippen molar-refractivity contribution in [3.8, 4) is 0 Å². The van der Waals surface area contributed by atoms with Gasteiger partial charge in [0, 0.05) is 12.3 Å². The van der Waals surface area contributed by atoms with Crippen molar-refractivity contribution < 1.29 is 9.58 Å². The summed E-state index contributed by atoms with van der Waals surface area (Å²) in [6.45, 7) is 0. The molecule has 0 aromatic heterocycles. The second-order valence-corrected chi connectivity index (χ2v) is 5.03. The van der Waals surface area contributed by atoms with Gasteiger partial charge in [-0.2, -0.15) is 4.79 Å². The van der Waals surface area contributed by atoms with Crippen molar-refractivity contribution in [3.63, 3.8) is 0 Å². The maximum Gasteiger partial charge on any atom is 0.323 e. The standard InChI is InChI=1S/C18H14N2O/c19-20-12-15(21)11-16-17(13-7-3-1-4-8-13)18(16)14-9-5-2-6-10-14/h1-10,12,16H,11H2. The smallest absolute Gasteiger partial charge is 0.323 e. The lowest BCUT2D eigenvalue weighted by molar-refractivity contribution is -0.116. The van der Waals surface area contributed by atoms with E-state index >= 15 is 0 Å². The van der Waals surface area contributed by atoms with Gasteiger partial charge in [-0.1, -0.05) is 60.7 Å². The average Bonchev–Trinajstić information content (AvgIpc) is 3.23. The van der Waals surface area contributed by atoms with Crippen LogP contribution in [0.1, 0.15) is 17.5 Å². The van der Waals surface area contributed by atoms with Crippen molar-refractivity contribution in [3.05, 3.63) is 77.3 Å². The minimum Gasteiger partial charge on any atom is -0.361 e. The number of Topliss-reactive ketones (excluding diaryl/α,β-unsaturated/α-hetero) is 1. The zero-order chi connectivity index (χ0) is 14.7. The summed E-state index contributed by atoms with van der Waals surface area (Å²) >= 11 is 0. The van der Waals surface area contributed by atoms with E-state index < -0.39 is 0 Å². The number of benzene rings is 2. The molecule has 102 valence electrons. The molecule has 2 aromatic carbocycles. The van der Waals surface area contributed by atoms with Gasteiger partial charge in [0.25, 0.3) is 0 Å². The van der Waals surface area contributed by atoms with Gasteiger partial charge < -0.3 is 5.53 Å². The van der Waals surface area contributed by atoms with E-state index in [0.717, 1.165) is 17.3 Å². The van der Waals surface area contributed by atoms with Crippen molar-refractivity contribution in [2.75, 3.05) is 0 Å². The van der Waals surface area contributed by atoms with Crippen LogP contribution in [0.5, 0.6) is 0 Å². The van der Waals surface area contributed by atoms with Crippen LogP contribution in [0.4, 0.5) is 0 Å². The molecule has 0 heterocycles. The largest absolute Gasteiger partial charge is 0.361 e. The lowest BCUT2D eigenvalue weighted by Crippen LogP contribution is -2.02. The lowest BCUT2D eigenvalue weighted by Gasteiger charge is -1.97. The van der Waals surface area contributed by atoms with Crippen LogP contribution in [0.3, 0.4) is 0 Å². The maximum atomic E-state index is 11.7. The van der Waals surface area contributed by atoms with E-state index in [1.807, 2.05) is 36.4 Å². The van der Waals surface area contributed by atoms with Gasteiger partial charge in [-0.15, -0.1) is 0 Å². The molecular weight excluding hydrogens is 260 g/mol. The van der Waals surface area contributed by atoms with Crippen molar-refractivity contribution >= 4 is 23.1 Å². The van der Waals surface area contributed by atoms with E-state index in [1.54, 1.807) is 0 Å². The van der Waals surface area contributed by atoms with Crippen LogP contribution in [0.25, 0.3) is 16.7 Å². The van der Waals surface area contributed by atoms with Crippen LogP contribution in [0.15, 0.2) is 60.7 Å². The molecule has 3 rings (SSSR count). The third-order valence-electron chi connectivity index (χ3n) is 3.68. The fourth-order valence-electron chi connectivity index (χ4n) is 2.74. The van der Waals surface area contributed by atoms with Crippen LogP contribution in [0.2, 0.25) is 0 Å². The Kier molecular flexibility index (Phi) is 3.59. The van der Waals surface area contributed by atoms with E-state index in [1.165, 1.54) is 11.1 Å². The zero-order valence-corrected chi connectivity index (χ0v) is 11.4. The molecule has 21 heavy (non-hydrogen) atoms. The molecule has 3 nitrogen and oxygen atoms in total. The Morgan fingerprint density at radius 2 is 1.43 bits per heavy atom. The predicted octanol–water partition coefficient (Wildman–Crippen LogP) is 3.49. The summed E-state index contributed by atoms with van der Waals surface area (Å²) in [7, 11) is 0. The van der Waals surface area contributed by atoms with Crippen molar-refractivity contribution in [1.29, 1.82) is 0 Å². The van der Waals surface area contributed by atoms with Gasteiger partial charge in [0.15, 0.2) is 0 Å². The Morgan fingerprint density at radius 1 is 0.952 bits per heavy atom. The minimum absolute atomic E-state index is 0.111. The third-order valence-corrected chi connectivity index (χ3v) is 3.68. The highest BCUT2D eigenvalue weighted by atomic mass is 16.1. The molecule has 1 aliphatic carbocycles. The van der Waals surface area contributed by atoms with Crippen LogP contribution in [-0.4, -0.2) is 16.8 Å². The molecule has 3 heteroatoms. The Bertz CT molecular complexity index is 692. The summed E-state index contributed by atoms with van der Waals surface area (Å²) in [5.74, 6) is -0.0536. The molecule has 0 fully saturated rings. The Balaban J connectivity index is 1.93. The first-order chi connectivity index (χ1) is 10.3. The Hall–Kier alpha value is -2.77. The molecule has 2 aromatic rings. The van der Waals surface area contributed by atoms with E-state index in [9.17, 15) is 4.79 Å². The van der Waals surface area contributed by atoms with Gasteiger partial charge in [-0.25, -0.2) is 0 Å². The molecule has 0 spiro atoms. The van der Waals surface area contributed by atoms with Crippen molar-refractivity contribution in [2.45, 2.75) is 6.42 Å². The monoisotopic (exact) mass is 274 g/mol. The number of allylic oxidation sites excluding steroid dienone is 2. The SMILES string of the molecule is [N-]=[N+]=CC(=O)CC1C(c2ccccc2)=C1c1ccccc1. The number of nitrogens with zero attached hydrogens (tertiary/aromatic N) is 2. The molecule has 0 atom stereocenters. The fourth-order valence-corrected chi connectivity index (χ4v) is 2.74. The highest BCUT2D eigenvalue weighted by molar-refractivity contribution is 6.27. The molecule has 0 amide bonds. The second kappa shape index (κ2) is 5.70. The lowest BCUT2D eigenvalue weighted by atomic mass is 10.0. The quantitative estimate of drug-likeness (QED) is 0.468. The number of carbonyl (C=O) groups is 1. The van der Waals surface area contributed by atoms with E-state index in [4.69, 9.17) is 5.53 Å². The van der Waals surface area contributed by atoms with Gasteiger partial charge in [0.2, 0.25) is 5.78 Å². The van der Waals surface area contributed by atoms with Crippen molar-refractivity contribution in [1.82, 2.24) is 0 Å². The van der Waals surface area contributed by atoms with Crippen LogP contribution in [-0.2, 0) is 4.79 Å². The highest BCUT2D eigenvalue weighted by Gasteiger charge is 2.39.